The molecule has 148 valence electrons. The average Bonchev–Trinajstić information content (AvgIpc) is 3.22. The zero-order valence-electron chi connectivity index (χ0n) is 16.0. The lowest BCUT2D eigenvalue weighted by molar-refractivity contribution is -0.136. The van der Waals surface area contributed by atoms with Gasteiger partial charge in [-0.15, -0.1) is 0 Å². The lowest BCUT2D eigenvalue weighted by Gasteiger charge is -2.36. The van der Waals surface area contributed by atoms with Crippen molar-refractivity contribution in [2.45, 2.75) is 38.6 Å². The zero-order chi connectivity index (χ0) is 19.4. The van der Waals surface area contributed by atoms with Crippen LogP contribution in [-0.2, 0) is 9.59 Å². The molecule has 2 fully saturated rings. The van der Waals surface area contributed by atoms with E-state index in [-0.39, 0.29) is 17.9 Å². The molecular weight excluding hydrogens is 366 g/mol. The van der Waals surface area contributed by atoms with Crippen molar-refractivity contribution >= 4 is 29.1 Å². The van der Waals surface area contributed by atoms with Gasteiger partial charge in [-0.1, -0.05) is 11.6 Å². The van der Waals surface area contributed by atoms with Gasteiger partial charge in [-0.25, -0.2) is 0 Å². The number of halogens is 1. The highest BCUT2D eigenvalue weighted by atomic mass is 35.5. The first kappa shape index (κ1) is 20.0. The van der Waals surface area contributed by atoms with E-state index in [0.29, 0.717) is 22.4 Å². The largest absolute Gasteiger partial charge is 0.495 e. The molecule has 0 saturated carbocycles. The fourth-order valence-corrected chi connectivity index (χ4v) is 4.14. The maximum absolute atomic E-state index is 12.6. The maximum Gasteiger partial charge on any atom is 0.241 e. The molecule has 27 heavy (non-hydrogen) atoms. The summed E-state index contributed by atoms with van der Waals surface area (Å²) in [7, 11) is 1.56. The molecule has 2 amide bonds. The van der Waals surface area contributed by atoms with Crippen molar-refractivity contribution in [2.75, 3.05) is 38.6 Å². The van der Waals surface area contributed by atoms with Gasteiger partial charge in [0.05, 0.1) is 18.2 Å². The molecule has 2 heterocycles. The van der Waals surface area contributed by atoms with Crippen molar-refractivity contribution in [3.63, 3.8) is 0 Å². The van der Waals surface area contributed by atoms with E-state index >= 15 is 0 Å². The molecule has 2 saturated heterocycles. The van der Waals surface area contributed by atoms with E-state index in [9.17, 15) is 9.59 Å². The number of ether oxygens (including phenoxy) is 1. The third-order valence-corrected chi connectivity index (χ3v) is 5.94. The molecule has 1 aromatic rings. The Bertz CT molecular complexity index is 683. The highest BCUT2D eigenvalue weighted by Crippen LogP contribution is 2.28. The van der Waals surface area contributed by atoms with Crippen LogP contribution in [0.4, 0.5) is 5.69 Å². The number of anilines is 1. The lowest BCUT2D eigenvalue weighted by atomic mass is 9.94. The van der Waals surface area contributed by atoms with Crippen LogP contribution in [0.5, 0.6) is 5.75 Å². The first-order valence-corrected chi connectivity index (χ1v) is 10.0. The van der Waals surface area contributed by atoms with Gasteiger partial charge in [0, 0.05) is 24.7 Å². The van der Waals surface area contributed by atoms with Crippen molar-refractivity contribution in [3.05, 3.63) is 23.2 Å². The fourth-order valence-electron chi connectivity index (χ4n) is 3.89. The van der Waals surface area contributed by atoms with Crippen molar-refractivity contribution in [1.82, 2.24) is 9.80 Å². The molecule has 0 bridgehead atoms. The standard InChI is InChI=1S/C20H28ClN3O3/c1-14(19(25)22-16-5-6-18(27-2)17(21)13-16)23-11-7-15(8-12-23)20(26)24-9-3-4-10-24/h5-6,13-15H,3-4,7-12H2,1-2H3,(H,22,25). The number of nitrogens with zero attached hydrogens (tertiary/aromatic N) is 2. The molecule has 2 aliphatic heterocycles. The molecule has 0 radical (unpaired) electrons. The Kier molecular flexibility index (Phi) is 6.60. The Hall–Kier alpha value is -1.79. The third-order valence-electron chi connectivity index (χ3n) is 5.64. The monoisotopic (exact) mass is 393 g/mol. The summed E-state index contributed by atoms with van der Waals surface area (Å²) < 4.78 is 5.13. The summed E-state index contributed by atoms with van der Waals surface area (Å²) in [6.07, 6.45) is 3.89. The van der Waals surface area contributed by atoms with Gasteiger partial charge in [-0.3, -0.25) is 14.5 Å². The summed E-state index contributed by atoms with van der Waals surface area (Å²) >= 11 is 6.12. The molecule has 1 N–H and O–H groups in total. The van der Waals surface area contributed by atoms with Crippen molar-refractivity contribution in [1.29, 1.82) is 0 Å². The number of benzene rings is 1. The molecule has 7 heteroatoms. The summed E-state index contributed by atoms with van der Waals surface area (Å²) in [6.45, 7) is 5.25. The highest BCUT2D eigenvalue weighted by molar-refractivity contribution is 6.32. The average molecular weight is 394 g/mol. The van der Waals surface area contributed by atoms with E-state index in [1.54, 1.807) is 25.3 Å². The number of methoxy groups -OCH3 is 1. The second-order valence-electron chi connectivity index (χ2n) is 7.36. The van der Waals surface area contributed by atoms with Crippen LogP contribution in [0.3, 0.4) is 0 Å². The van der Waals surface area contributed by atoms with Gasteiger partial charge >= 0.3 is 0 Å². The van der Waals surface area contributed by atoms with Crippen molar-refractivity contribution < 1.29 is 14.3 Å². The molecule has 1 unspecified atom stereocenters. The summed E-state index contributed by atoms with van der Waals surface area (Å²) in [5.74, 6) is 0.917. The van der Waals surface area contributed by atoms with Crippen LogP contribution >= 0.6 is 11.6 Å². The Labute approximate surface area is 165 Å². The quantitative estimate of drug-likeness (QED) is 0.835. The summed E-state index contributed by atoms with van der Waals surface area (Å²) in [4.78, 5) is 29.3. The fraction of sp³-hybridized carbons (Fsp3) is 0.600. The minimum Gasteiger partial charge on any atom is -0.495 e. The van der Waals surface area contributed by atoms with Gasteiger partial charge < -0.3 is 15.0 Å². The van der Waals surface area contributed by atoms with E-state index in [0.717, 1.165) is 51.9 Å². The van der Waals surface area contributed by atoms with Gasteiger partial charge in [-0.05, 0) is 63.9 Å². The molecule has 0 aromatic heterocycles. The Morgan fingerprint density at radius 2 is 1.85 bits per heavy atom. The number of rotatable bonds is 5. The molecule has 3 rings (SSSR count). The Balaban J connectivity index is 1.51. The maximum atomic E-state index is 12.6. The summed E-state index contributed by atoms with van der Waals surface area (Å²) in [6, 6.07) is 4.94. The minimum atomic E-state index is -0.256. The van der Waals surface area contributed by atoms with Crippen LogP contribution in [0.2, 0.25) is 5.02 Å². The van der Waals surface area contributed by atoms with Gasteiger partial charge in [0.2, 0.25) is 11.8 Å². The van der Waals surface area contributed by atoms with Crippen molar-refractivity contribution in [3.8, 4) is 5.75 Å². The SMILES string of the molecule is COc1ccc(NC(=O)C(C)N2CCC(C(=O)N3CCCC3)CC2)cc1Cl. The normalized spacial score (nSPS) is 19.7. The van der Waals surface area contributed by atoms with Crippen LogP contribution in [0.25, 0.3) is 0 Å². The number of piperidine rings is 1. The number of carbonyl (C=O) groups excluding carboxylic acids is 2. The van der Waals surface area contributed by atoms with Crippen LogP contribution in [0.15, 0.2) is 18.2 Å². The molecular formula is C20H28ClN3O3. The second-order valence-corrected chi connectivity index (χ2v) is 7.76. The van der Waals surface area contributed by atoms with Crippen LogP contribution < -0.4 is 10.1 Å². The first-order chi connectivity index (χ1) is 13.0. The van der Waals surface area contributed by atoms with E-state index in [1.807, 2.05) is 11.8 Å². The molecule has 1 aromatic carbocycles. The third kappa shape index (κ3) is 4.74. The summed E-state index contributed by atoms with van der Waals surface area (Å²) in [5, 5.41) is 3.38. The van der Waals surface area contributed by atoms with E-state index < -0.39 is 0 Å². The minimum absolute atomic E-state index is 0.0689. The number of hydrogen-bond acceptors (Lipinski definition) is 4. The lowest BCUT2D eigenvalue weighted by Crippen LogP contribution is -2.48. The van der Waals surface area contributed by atoms with Crippen LogP contribution in [-0.4, -0.2) is 60.9 Å². The number of amides is 2. The van der Waals surface area contributed by atoms with Gasteiger partial charge in [0.25, 0.3) is 0 Å². The zero-order valence-corrected chi connectivity index (χ0v) is 16.8. The van der Waals surface area contributed by atoms with Crippen molar-refractivity contribution in [2.24, 2.45) is 5.92 Å². The molecule has 0 aliphatic carbocycles. The molecule has 1 atom stereocenters. The Morgan fingerprint density at radius 1 is 1.19 bits per heavy atom. The smallest absolute Gasteiger partial charge is 0.241 e. The van der Waals surface area contributed by atoms with Crippen LogP contribution in [0.1, 0.15) is 32.6 Å². The van der Waals surface area contributed by atoms with E-state index in [1.165, 1.54) is 0 Å². The topological polar surface area (TPSA) is 61.9 Å². The summed E-state index contributed by atoms with van der Waals surface area (Å²) in [5.41, 5.74) is 0.650. The Morgan fingerprint density at radius 3 is 2.44 bits per heavy atom. The molecule has 6 nitrogen and oxygen atoms in total. The number of hydrogen-bond donors (Lipinski definition) is 1. The molecule has 0 spiro atoms. The van der Waals surface area contributed by atoms with Gasteiger partial charge in [0.1, 0.15) is 5.75 Å². The number of nitrogens with one attached hydrogen (secondary N) is 1. The van der Waals surface area contributed by atoms with Gasteiger partial charge in [-0.2, -0.15) is 0 Å². The second kappa shape index (κ2) is 8.93. The highest BCUT2D eigenvalue weighted by Gasteiger charge is 2.32. The van der Waals surface area contributed by atoms with Gasteiger partial charge in [0.15, 0.2) is 0 Å². The number of likely N-dealkylation sites (tertiary alicyclic amines) is 2. The molecule has 2 aliphatic rings. The van der Waals surface area contributed by atoms with E-state index in [4.69, 9.17) is 16.3 Å². The number of carbonyl (C=O) groups is 2. The predicted molar refractivity (Wildman–Crippen MR) is 106 cm³/mol. The predicted octanol–water partition coefficient (Wildman–Crippen LogP) is 3.01. The van der Waals surface area contributed by atoms with Crippen LogP contribution in [0, 0.1) is 5.92 Å². The van der Waals surface area contributed by atoms with E-state index in [2.05, 4.69) is 10.2 Å². The first-order valence-electron chi connectivity index (χ1n) is 9.67.